The molecule has 118 valence electrons. The third-order valence-electron chi connectivity index (χ3n) is 3.29. The van der Waals surface area contributed by atoms with Crippen molar-refractivity contribution >= 4 is 15.7 Å². The smallest absolute Gasteiger partial charge is 0.244 e. The fourth-order valence-corrected chi connectivity index (χ4v) is 4.49. The summed E-state index contributed by atoms with van der Waals surface area (Å²) in [6, 6.07) is 1.16. The SMILES string of the molecule is C=CCN(C(C)(C)C)S(=O)(=O)c1c(C)cc(F)c(N)c1C. The minimum Gasteiger partial charge on any atom is -0.396 e. The summed E-state index contributed by atoms with van der Waals surface area (Å²) < 4.78 is 40.9. The Hall–Kier alpha value is -1.40. The fourth-order valence-electron chi connectivity index (χ4n) is 2.29. The normalized spacial score (nSPS) is 12.7. The third-order valence-corrected chi connectivity index (χ3v) is 5.72. The Morgan fingerprint density at radius 1 is 1.38 bits per heavy atom. The van der Waals surface area contributed by atoms with Gasteiger partial charge in [0, 0.05) is 12.1 Å². The largest absolute Gasteiger partial charge is 0.396 e. The Morgan fingerprint density at radius 3 is 2.33 bits per heavy atom. The van der Waals surface area contributed by atoms with Gasteiger partial charge in [-0.2, -0.15) is 4.31 Å². The molecule has 2 N–H and O–H groups in total. The predicted octanol–water partition coefficient (Wildman–Crippen LogP) is 3.00. The summed E-state index contributed by atoms with van der Waals surface area (Å²) in [7, 11) is -3.81. The Balaban J connectivity index is 3.64. The van der Waals surface area contributed by atoms with Crippen molar-refractivity contribution in [2.24, 2.45) is 0 Å². The van der Waals surface area contributed by atoms with Crippen molar-refractivity contribution in [2.75, 3.05) is 12.3 Å². The lowest BCUT2D eigenvalue weighted by molar-refractivity contribution is 0.269. The van der Waals surface area contributed by atoms with E-state index in [2.05, 4.69) is 6.58 Å². The lowest BCUT2D eigenvalue weighted by atomic mass is 10.1. The number of anilines is 1. The van der Waals surface area contributed by atoms with Crippen LogP contribution in [-0.4, -0.2) is 24.8 Å². The van der Waals surface area contributed by atoms with Gasteiger partial charge in [-0.15, -0.1) is 6.58 Å². The molecular weight excluding hydrogens is 291 g/mol. The van der Waals surface area contributed by atoms with Gasteiger partial charge in [-0.3, -0.25) is 0 Å². The quantitative estimate of drug-likeness (QED) is 0.686. The van der Waals surface area contributed by atoms with E-state index in [4.69, 9.17) is 5.73 Å². The van der Waals surface area contributed by atoms with E-state index < -0.39 is 21.4 Å². The average molecular weight is 314 g/mol. The Morgan fingerprint density at radius 2 is 1.90 bits per heavy atom. The zero-order valence-electron chi connectivity index (χ0n) is 13.2. The maximum Gasteiger partial charge on any atom is 0.244 e. The molecule has 1 aromatic carbocycles. The van der Waals surface area contributed by atoms with Crippen LogP contribution in [-0.2, 0) is 10.0 Å². The zero-order valence-corrected chi connectivity index (χ0v) is 14.0. The fraction of sp³-hybridized carbons (Fsp3) is 0.467. The number of nitrogens with zero attached hydrogens (tertiary/aromatic N) is 1. The summed E-state index contributed by atoms with van der Waals surface area (Å²) in [6.07, 6.45) is 1.53. The van der Waals surface area contributed by atoms with E-state index in [0.29, 0.717) is 5.56 Å². The summed E-state index contributed by atoms with van der Waals surface area (Å²) in [5.41, 5.74) is 5.48. The highest BCUT2D eigenvalue weighted by atomic mass is 32.2. The van der Waals surface area contributed by atoms with Crippen molar-refractivity contribution in [1.29, 1.82) is 0 Å². The molecule has 0 aliphatic carbocycles. The van der Waals surface area contributed by atoms with Crippen LogP contribution in [0.4, 0.5) is 10.1 Å². The summed E-state index contributed by atoms with van der Waals surface area (Å²) in [5, 5.41) is 0. The van der Waals surface area contributed by atoms with Gasteiger partial charge in [-0.25, -0.2) is 12.8 Å². The molecule has 0 saturated carbocycles. The maximum atomic E-state index is 13.6. The first kappa shape index (κ1) is 17.7. The number of benzene rings is 1. The molecule has 0 fully saturated rings. The number of halogens is 1. The van der Waals surface area contributed by atoms with Crippen LogP contribution < -0.4 is 5.73 Å². The molecule has 0 amide bonds. The van der Waals surface area contributed by atoms with Crippen molar-refractivity contribution in [2.45, 2.75) is 45.1 Å². The maximum absolute atomic E-state index is 13.6. The van der Waals surface area contributed by atoms with Crippen molar-refractivity contribution in [3.63, 3.8) is 0 Å². The van der Waals surface area contributed by atoms with Crippen LogP contribution in [0.15, 0.2) is 23.6 Å². The summed E-state index contributed by atoms with van der Waals surface area (Å²) in [6.45, 7) is 12.3. The van der Waals surface area contributed by atoms with Gasteiger partial charge >= 0.3 is 0 Å². The minimum absolute atomic E-state index is 0.0678. The highest BCUT2D eigenvalue weighted by Crippen LogP contribution is 2.32. The van der Waals surface area contributed by atoms with Crippen LogP contribution in [0.5, 0.6) is 0 Å². The number of rotatable bonds is 4. The molecule has 0 saturated heterocycles. The minimum atomic E-state index is -3.81. The van der Waals surface area contributed by atoms with Crippen molar-refractivity contribution in [3.8, 4) is 0 Å². The summed E-state index contributed by atoms with van der Waals surface area (Å²) in [4.78, 5) is 0.0678. The number of nitrogen functional groups attached to an aromatic ring is 1. The number of nitrogens with two attached hydrogens (primary N) is 1. The van der Waals surface area contributed by atoms with E-state index >= 15 is 0 Å². The van der Waals surface area contributed by atoms with Gasteiger partial charge < -0.3 is 5.73 Å². The molecule has 4 nitrogen and oxygen atoms in total. The van der Waals surface area contributed by atoms with Crippen molar-refractivity contribution in [1.82, 2.24) is 4.31 Å². The Kier molecular flexibility index (Phi) is 4.85. The molecule has 1 rings (SSSR count). The van der Waals surface area contributed by atoms with E-state index in [1.165, 1.54) is 17.3 Å². The number of hydrogen-bond acceptors (Lipinski definition) is 3. The van der Waals surface area contributed by atoms with Gasteiger partial charge in [0.25, 0.3) is 0 Å². The first-order chi connectivity index (χ1) is 9.44. The molecule has 0 bridgehead atoms. The molecule has 0 aliphatic rings. The Bertz CT molecular complexity index is 661. The van der Waals surface area contributed by atoms with Crippen molar-refractivity contribution in [3.05, 3.63) is 35.7 Å². The second kappa shape index (κ2) is 5.77. The van der Waals surface area contributed by atoms with E-state index in [0.717, 1.165) is 6.07 Å². The predicted molar refractivity (Wildman–Crippen MR) is 84.1 cm³/mol. The molecule has 0 unspecified atom stereocenters. The first-order valence-corrected chi connectivity index (χ1v) is 8.07. The number of hydrogen-bond donors (Lipinski definition) is 1. The van der Waals surface area contributed by atoms with Crippen LogP contribution in [0.2, 0.25) is 0 Å². The first-order valence-electron chi connectivity index (χ1n) is 6.63. The second-order valence-corrected chi connectivity index (χ2v) is 7.84. The molecule has 1 aromatic rings. The molecule has 6 heteroatoms. The van der Waals surface area contributed by atoms with Crippen molar-refractivity contribution < 1.29 is 12.8 Å². The second-order valence-electron chi connectivity index (χ2n) is 6.04. The molecule has 0 radical (unpaired) electrons. The van der Waals surface area contributed by atoms with Crippen LogP contribution in [0.1, 0.15) is 31.9 Å². The molecule has 0 aliphatic heterocycles. The summed E-state index contributed by atoms with van der Waals surface area (Å²) in [5.74, 6) is -0.602. The van der Waals surface area contributed by atoms with E-state index in [1.54, 1.807) is 27.7 Å². The van der Waals surface area contributed by atoms with E-state index in [-0.39, 0.29) is 22.7 Å². The molecule has 21 heavy (non-hydrogen) atoms. The van der Waals surface area contributed by atoms with Crippen LogP contribution in [0.25, 0.3) is 0 Å². The lowest BCUT2D eigenvalue weighted by Gasteiger charge is -2.34. The number of aryl methyl sites for hydroxylation is 1. The van der Waals surface area contributed by atoms with Gasteiger partial charge in [0.2, 0.25) is 10.0 Å². The van der Waals surface area contributed by atoms with Gasteiger partial charge in [-0.05, 0) is 51.8 Å². The van der Waals surface area contributed by atoms with Gasteiger partial charge in [0.1, 0.15) is 5.82 Å². The van der Waals surface area contributed by atoms with Crippen LogP contribution in [0, 0.1) is 19.7 Å². The highest BCUT2D eigenvalue weighted by molar-refractivity contribution is 7.89. The standard InChI is InChI=1S/C15H23FN2O2S/c1-7-8-18(15(4,5)6)21(19,20)14-10(2)9-12(16)13(17)11(14)3/h7,9H,1,8,17H2,2-6H3. The Labute approximate surface area is 126 Å². The molecule has 0 heterocycles. The lowest BCUT2D eigenvalue weighted by Crippen LogP contribution is -2.46. The zero-order chi connectivity index (χ0) is 16.6. The van der Waals surface area contributed by atoms with Gasteiger partial charge in [-0.1, -0.05) is 6.08 Å². The highest BCUT2D eigenvalue weighted by Gasteiger charge is 2.35. The average Bonchev–Trinajstić information content (AvgIpc) is 2.31. The monoisotopic (exact) mass is 314 g/mol. The van der Waals surface area contributed by atoms with Crippen LogP contribution >= 0.6 is 0 Å². The molecular formula is C15H23FN2O2S. The summed E-state index contributed by atoms with van der Waals surface area (Å²) >= 11 is 0. The van der Waals surface area contributed by atoms with Crippen LogP contribution in [0.3, 0.4) is 0 Å². The third kappa shape index (κ3) is 3.27. The van der Waals surface area contributed by atoms with Gasteiger partial charge in [0.15, 0.2) is 0 Å². The van der Waals surface area contributed by atoms with E-state index in [9.17, 15) is 12.8 Å². The topological polar surface area (TPSA) is 63.4 Å². The molecule has 0 aromatic heterocycles. The number of sulfonamides is 1. The molecule has 0 spiro atoms. The molecule has 0 atom stereocenters. The van der Waals surface area contributed by atoms with E-state index in [1.807, 2.05) is 0 Å². The van der Waals surface area contributed by atoms with Gasteiger partial charge in [0.05, 0.1) is 10.6 Å².